The zero-order valence-corrected chi connectivity index (χ0v) is 9.19. The van der Waals surface area contributed by atoms with Gasteiger partial charge >= 0.3 is 59.0 Å². The van der Waals surface area contributed by atoms with Crippen LogP contribution in [0.5, 0.6) is 0 Å². The molecule has 46 valence electrons. The van der Waals surface area contributed by atoms with E-state index in [1.54, 1.807) is 17.6 Å². The number of hydrogen-bond acceptors (Lipinski definition) is 1. The second kappa shape index (κ2) is 2.89. The molecular weight excluding hydrogens is 328 g/mol. The Balaban J connectivity index is 3.54. The van der Waals surface area contributed by atoms with Crippen LogP contribution in [0.3, 0.4) is 0 Å². The van der Waals surface area contributed by atoms with Crippen molar-refractivity contribution in [2.24, 2.45) is 0 Å². The van der Waals surface area contributed by atoms with E-state index in [4.69, 9.17) is 28.3 Å². The molecule has 0 saturated carbocycles. The van der Waals surface area contributed by atoms with Gasteiger partial charge in [-0.15, -0.1) is 0 Å². The Labute approximate surface area is 58.8 Å². The van der Waals surface area contributed by atoms with Crippen molar-refractivity contribution >= 4 is 28.3 Å². The molecule has 0 aliphatic rings. The van der Waals surface area contributed by atoms with Crippen molar-refractivity contribution < 1.29 is 13.2 Å². The normalized spacial score (nSPS) is 15.1. The molecule has 0 unspecified atom stereocenters. The average molecular weight is 334 g/mol. The zero-order chi connectivity index (χ0) is 6.08. The Morgan fingerprint density at radius 3 is 1.29 bits per heavy atom. The molecule has 0 fully saturated rings. The van der Waals surface area contributed by atoms with Gasteiger partial charge in [0.15, 0.2) is 0 Å². The summed E-state index contributed by atoms with van der Waals surface area (Å²) in [6.07, 6.45) is 0. The van der Waals surface area contributed by atoms with Crippen molar-refractivity contribution in [1.29, 1.82) is 0 Å². The van der Waals surface area contributed by atoms with Gasteiger partial charge in [0.05, 0.1) is 0 Å². The van der Waals surface area contributed by atoms with Crippen molar-refractivity contribution in [3.05, 3.63) is 0 Å². The van der Waals surface area contributed by atoms with E-state index in [-0.39, 0.29) is 0 Å². The van der Waals surface area contributed by atoms with Gasteiger partial charge < -0.3 is 0 Å². The van der Waals surface area contributed by atoms with Crippen LogP contribution in [0.15, 0.2) is 0 Å². The SMILES string of the molecule is C[N](C)[W]([Cl])([Cl])[Cl]. The summed E-state index contributed by atoms with van der Waals surface area (Å²) >= 11 is -3.10. The average Bonchev–Trinajstić information content (AvgIpc) is 1.31. The molecule has 0 bridgehead atoms. The van der Waals surface area contributed by atoms with Crippen LogP contribution in [0.2, 0.25) is 0 Å². The van der Waals surface area contributed by atoms with Crippen LogP contribution in [0.4, 0.5) is 0 Å². The molecule has 7 heavy (non-hydrogen) atoms. The van der Waals surface area contributed by atoms with Crippen molar-refractivity contribution in [2.45, 2.75) is 0 Å². The summed E-state index contributed by atoms with van der Waals surface area (Å²) in [4.78, 5) is 0. The van der Waals surface area contributed by atoms with Gasteiger partial charge in [-0.2, -0.15) is 0 Å². The molecule has 0 rings (SSSR count). The summed E-state index contributed by atoms with van der Waals surface area (Å²) < 4.78 is 1.69. The number of halogens is 3. The number of hydrogen-bond donors (Lipinski definition) is 0. The van der Waals surface area contributed by atoms with E-state index >= 15 is 0 Å². The third-order valence-corrected chi connectivity index (χ3v) is 10.2. The fraction of sp³-hybridized carbons (Fsp3) is 1.00. The molecule has 0 saturated heterocycles. The van der Waals surface area contributed by atoms with Gasteiger partial charge in [0.25, 0.3) is 0 Å². The first-order valence-corrected chi connectivity index (χ1v) is 13.8. The molecule has 0 heterocycles. The van der Waals surface area contributed by atoms with Crippen LogP contribution in [0.1, 0.15) is 0 Å². The van der Waals surface area contributed by atoms with Crippen LogP contribution in [0.25, 0.3) is 0 Å². The molecule has 0 N–H and O–H groups in total. The third-order valence-electron chi connectivity index (χ3n) is 0.414. The number of rotatable bonds is 1. The molecule has 0 aliphatic carbocycles. The molecule has 0 aromatic rings. The Hall–Kier alpha value is 1.52. The number of nitrogens with zero attached hydrogens (tertiary/aromatic N) is 1. The molecule has 0 aliphatic heterocycles. The van der Waals surface area contributed by atoms with E-state index in [1.807, 2.05) is 0 Å². The first-order chi connectivity index (χ1) is 2.94. The molecule has 0 radical (unpaired) electrons. The summed E-state index contributed by atoms with van der Waals surface area (Å²) in [5.41, 5.74) is 0. The van der Waals surface area contributed by atoms with Gasteiger partial charge in [-0.3, -0.25) is 0 Å². The first kappa shape index (κ1) is 8.52. The fourth-order valence-electron chi connectivity index (χ4n) is 0. The standard InChI is InChI=1S/C2H6N.3ClH.W/c1-3-2;;;;/h1-2H3;3*1H;/q-1;;;;+4/p-3. The van der Waals surface area contributed by atoms with Crippen LogP contribution in [0, 0.1) is 0 Å². The maximum atomic E-state index is 5.53. The van der Waals surface area contributed by atoms with E-state index < -0.39 is 13.2 Å². The monoisotopic (exact) mass is 333 g/mol. The fourth-order valence-corrected chi connectivity index (χ4v) is 0. The molecule has 0 amide bonds. The van der Waals surface area contributed by atoms with Crippen molar-refractivity contribution in [2.75, 3.05) is 14.1 Å². The van der Waals surface area contributed by atoms with Crippen molar-refractivity contribution in [1.82, 2.24) is 3.46 Å². The molecular formula is C2H6Cl3NW. The summed E-state index contributed by atoms with van der Waals surface area (Å²) in [6, 6.07) is 0. The minimum absolute atomic E-state index is 1.69. The minimum atomic E-state index is -3.10. The van der Waals surface area contributed by atoms with Gasteiger partial charge in [-0.25, -0.2) is 0 Å². The molecule has 5 heteroatoms. The van der Waals surface area contributed by atoms with E-state index in [0.717, 1.165) is 0 Å². The van der Waals surface area contributed by atoms with Gasteiger partial charge in [0.2, 0.25) is 0 Å². The third kappa shape index (κ3) is 4.05. The summed E-state index contributed by atoms with van der Waals surface area (Å²) in [5.74, 6) is 0. The van der Waals surface area contributed by atoms with Crippen LogP contribution in [-0.2, 0) is 13.2 Å². The summed E-state index contributed by atoms with van der Waals surface area (Å²) in [5, 5.41) is 0. The maximum absolute atomic E-state index is 5.53. The predicted octanol–water partition coefficient (Wildman–Crippen LogP) is 2.08. The van der Waals surface area contributed by atoms with Crippen LogP contribution >= 0.6 is 28.3 Å². The topological polar surface area (TPSA) is 3.24 Å². The molecule has 0 aromatic carbocycles. The Kier molecular flexibility index (Phi) is 3.51. The molecule has 1 nitrogen and oxygen atoms in total. The van der Waals surface area contributed by atoms with Gasteiger partial charge in [-0.05, 0) is 0 Å². The summed E-state index contributed by atoms with van der Waals surface area (Å²) in [6.45, 7) is 0. The Morgan fingerprint density at radius 2 is 1.29 bits per heavy atom. The second-order valence-electron chi connectivity index (χ2n) is 1.19. The zero-order valence-electron chi connectivity index (χ0n) is 3.99. The van der Waals surface area contributed by atoms with Gasteiger partial charge in [0.1, 0.15) is 0 Å². The van der Waals surface area contributed by atoms with Crippen molar-refractivity contribution in [3.8, 4) is 0 Å². The Morgan fingerprint density at radius 1 is 1.14 bits per heavy atom. The van der Waals surface area contributed by atoms with Gasteiger partial charge in [-0.1, -0.05) is 0 Å². The van der Waals surface area contributed by atoms with E-state index in [2.05, 4.69) is 0 Å². The Bertz CT molecular complexity index is 58.4. The van der Waals surface area contributed by atoms with E-state index in [0.29, 0.717) is 0 Å². The molecule has 0 aromatic heterocycles. The van der Waals surface area contributed by atoms with Gasteiger partial charge in [0, 0.05) is 0 Å². The van der Waals surface area contributed by atoms with Crippen LogP contribution in [-0.4, -0.2) is 17.6 Å². The quantitative estimate of drug-likeness (QED) is 0.710. The first-order valence-electron chi connectivity index (χ1n) is 1.54. The molecule has 0 atom stereocenters. The van der Waals surface area contributed by atoms with Crippen LogP contribution < -0.4 is 0 Å². The summed E-state index contributed by atoms with van der Waals surface area (Å²) in [7, 11) is 20.2. The van der Waals surface area contributed by atoms with E-state index in [1.165, 1.54) is 0 Å². The van der Waals surface area contributed by atoms with E-state index in [9.17, 15) is 0 Å². The second-order valence-corrected chi connectivity index (χ2v) is 21.4. The van der Waals surface area contributed by atoms with Crippen molar-refractivity contribution in [3.63, 3.8) is 0 Å². The predicted molar refractivity (Wildman–Crippen MR) is 31.2 cm³/mol. The molecule has 0 spiro atoms.